The summed E-state index contributed by atoms with van der Waals surface area (Å²) in [5.74, 6) is -2.55. The number of thiazole rings is 2. The van der Waals surface area contributed by atoms with Crippen LogP contribution in [0.1, 0.15) is 250 Å². The molecule has 11 atom stereocenters. The molecular weight excluding hydrogens is 1810 g/mol. The van der Waals surface area contributed by atoms with E-state index in [1.807, 2.05) is 88.1 Å². The second-order valence-electron chi connectivity index (χ2n) is 45.6. The van der Waals surface area contributed by atoms with Crippen LogP contribution < -0.4 is 21.5 Å². The number of aromatic nitrogens is 6. The highest BCUT2D eigenvalue weighted by molar-refractivity contribution is 7.10. The number of carbonyl (C=O) groups is 8. The van der Waals surface area contributed by atoms with Gasteiger partial charge in [-0.25, -0.2) is 30.4 Å². The van der Waals surface area contributed by atoms with Gasteiger partial charge in [0.2, 0.25) is 11.8 Å². The van der Waals surface area contributed by atoms with E-state index in [0.717, 1.165) is 168 Å². The maximum Gasteiger partial charge on any atom is 0.410 e. The molecule has 10 aliphatic rings. The van der Waals surface area contributed by atoms with Gasteiger partial charge >= 0.3 is 24.1 Å². The summed E-state index contributed by atoms with van der Waals surface area (Å²) >= 11 is 2.89. The smallest absolute Gasteiger partial charge is 0.410 e. The van der Waals surface area contributed by atoms with Gasteiger partial charge < -0.3 is 58.0 Å². The molecule has 6 amide bonds. The predicted octanol–water partition coefficient (Wildman–Crippen LogP) is 16.6. The average Bonchev–Trinajstić information content (AvgIpc) is 1.61. The topological polar surface area (TPSA) is 321 Å². The summed E-state index contributed by atoms with van der Waals surface area (Å²) in [6.07, 6.45) is 17.3. The first-order valence-electron chi connectivity index (χ1n) is 51.6. The maximum absolute atomic E-state index is 16.8. The molecule has 8 fully saturated rings. The van der Waals surface area contributed by atoms with E-state index in [9.17, 15) is 14.4 Å². The molecule has 4 N–H and O–H groups in total. The van der Waals surface area contributed by atoms with Crippen LogP contribution in [0.5, 0.6) is 0 Å². The number of piperidine rings is 2. The zero-order chi connectivity index (χ0) is 98.6. The van der Waals surface area contributed by atoms with E-state index in [-0.39, 0.29) is 104 Å². The number of carbonyl (C=O) groups excluding carboxylic acids is 8. The van der Waals surface area contributed by atoms with Gasteiger partial charge in [-0.3, -0.25) is 58.6 Å². The van der Waals surface area contributed by atoms with Crippen molar-refractivity contribution < 1.29 is 66.8 Å². The number of methoxy groups -OCH3 is 2. The predicted molar refractivity (Wildman–Crippen MR) is 539 cm³/mol. The van der Waals surface area contributed by atoms with Crippen molar-refractivity contribution in [1.82, 2.24) is 80.2 Å². The van der Waals surface area contributed by atoms with Gasteiger partial charge in [-0.2, -0.15) is 0 Å². The van der Waals surface area contributed by atoms with E-state index in [0.29, 0.717) is 125 Å². The van der Waals surface area contributed by atoms with Crippen LogP contribution in [-0.2, 0) is 96.0 Å². The number of hydrogen-bond donors (Lipinski definition) is 4. The first-order valence-corrected chi connectivity index (χ1v) is 53.4. The monoisotopic (exact) mass is 1960 g/mol. The van der Waals surface area contributed by atoms with Crippen molar-refractivity contribution in [3.63, 3.8) is 0 Å². The summed E-state index contributed by atoms with van der Waals surface area (Å²) in [6, 6.07) is 15.8. The standard InChI is InChI=1S/C108H146N16O14S2/c1-16-121-85-35-33-71-51-75(85)77(93(121)73-30-21-42-109-89(73)66(2)133-14)55-105(10,11)65-136-100(130)82-50-68(57-124(116-82)98(128)81(54-88-112-83(71)58-140-88)114-96(126)92(70-28-19-20-29-70)118-45-25-39-108(61-118)41-49-120(63-108)102(132)138-104(7,8)9)37-47-122-86-36-34-72-52-76(86)78(94(122)74-31-22-43-110-90(74)67(3)134-15)56-106(12,13)64-135-99(129)79-32-23-46-123(115-79)97(127)80(53-87-111-84(72)59-139-87)113-95(125)91(69-26-17-18-27-69)117-44-24-38-107(60-117)40-48-119(62-107)101(131)137-103(4,5)6/h21-22,30-31,33-36,42-43,51-52,58-59,66-70,79-82,91-92,115-116H,16-20,23-29,32,37-41,44-50,53-57,60-65H2,1-15H3,(H,113,125)(H,114,126)/t66-,67-,68?,79-,80-,81-,82-,91-,92-,107+,108+/m0/s1. The molecule has 8 aromatic rings. The Morgan fingerprint density at radius 3 is 1.48 bits per heavy atom. The molecule has 1 unspecified atom stereocenters. The lowest BCUT2D eigenvalue weighted by Gasteiger charge is -2.45. The molecule has 30 nitrogen and oxygen atoms in total. The Morgan fingerprint density at radius 2 is 1.01 bits per heavy atom. The zero-order valence-electron chi connectivity index (χ0n) is 84.8. The Labute approximate surface area is 831 Å². The number of cyclic esters (lactones) is 2. The number of hydrogen-bond acceptors (Lipinski definition) is 24. The molecule has 2 saturated carbocycles. The molecule has 6 aromatic heterocycles. The number of hydrazine groups is 2. The van der Waals surface area contributed by atoms with Crippen molar-refractivity contribution in [2.24, 2.45) is 39.4 Å². The molecular formula is C108H146N16O14S2. The number of fused-ring (bicyclic) bond motifs is 12. The van der Waals surface area contributed by atoms with Crippen LogP contribution in [0.2, 0.25) is 0 Å². The largest absolute Gasteiger partial charge is 0.464 e. The van der Waals surface area contributed by atoms with Gasteiger partial charge in [0.15, 0.2) is 0 Å². The molecule has 754 valence electrons. The SMILES string of the molecule is CCn1c(-c2cccnc2[C@H](C)OC)c2c3cc(ccc31)-c1csc(n1)C[C@H](NC(=O)[C@H](C1CCCC1)N1CCC[C@@]3(CCN(C(=O)OC(C)(C)C)C3)C1)C(=O)N1CC(CCn3c(-c4cccnc4[C@H](C)OC)c4c5cc(ccc53)-c3csc(n3)C[C@H](NC(=O)[C@H](C3CCCC3)N3CCC[C@@]5(CCN(C(=O)OC(C)(C)C)C5)C3)C(=O)N3CCC[C@H](N3)C(=O)OCC(C)(C)C4)C[C@H](N1)C(=O)OCC(C)(C)C2. The van der Waals surface area contributed by atoms with Crippen LogP contribution >= 0.6 is 22.7 Å². The Balaban J connectivity index is 0.705. The second kappa shape index (κ2) is 41.1. The van der Waals surface area contributed by atoms with Gasteiger partial charge in [0.1, 0.15) is 35.4 Å². The van der Waals surface area contributed by atoms with Crippen LogP contribution in [0.15, 0.2) is 83.8 Å². The molecule has 2 spiro atoms. The molecule has 14 heterocycles. The molecule has 12 bridgehead atoms. The summed E-state index contributed by atoms with van der Waals surface area (Å²) in [6.45, 7) is 32.3. The third kappa shape index (κ3) is 21.7. The van der Waals surface area contributed by atoms with E-state index in [1.165, 1.54) is 27.7 Å². The summed E-state index contributed by atoms with van der Waals surface area (Å²) in [5, 5.41) is 17.3. The van der Waals surface area contributed by atoms with Crippen molar-refractivity contribution in [3.8, 4) is 45.0 Å². The maximum atomic E-state index is 16.8. The summed E-state index contributed by atoms with van der Waals surface area (Å²) < 4.78 is 42.0. The number of esters is 2. The fourth-order valence-corrected chi connectivity index (χ4v) is 26.3. The summed E-state index contributed by atoms with van der Waals surface area (Å²) in [7, 11) is 3.38. The van der Waals surface area contributed by atoms with E-state index >= 15 is 24.0 Å². The first kappa shape index (κ1) is 100. The van der Waals surface area contributed by atoms with Crippen molar-refractivity contribution in [2.75, 3.05) is 92.9 Å². The minimum Gasteiger partial charge on any atom is -0.464 e. The number of ether oxygens (including phenoxy) is 6. The van der Waals surface area contributed by atoms with Crippen LogP contribution in [0, 0.1) is 39.4 Å². The average molecular weight is 1960 g/mol. The summed E-state index contributed by atoms with van der Waals surface area (Å²) in [4.78, 5) is 152. The minimum absolute atomic E-state index is 0.00605. The number of nitrogens with one attached hydrogen (secondary N) is 4. The Kier molecular flexibility index (Phi) is 29.5. The highest BCUT2D eigenvalue weighted by atomic mass is 32.1. The lowest BCUT2D eigenvalue weighted by atomic mass is 9.78. The zero-order valence-corrected chi connectivity index (χ0v) is 86.4. The molecule has 0 radical (unpaired) electrons. The first-order chi connectivity index (χ1) is 66.9. The molecule has 32 heteroatoms. The highest BCUT2D eigenvalue weighted by Gasteiger charge is 2.52. The van der Waals surface area contributed by atoms with Gasteiger partial charge in [-0.05, 0) is 256 Å². The Morgan fingerprint density at radius 1 is 0.550 bits per heavy atom. The third-order valence-corrected chi connectivity index (χ3v) is 33.2. The van der Waals surface area contributed by atoms with Crippen LogP contribution in [0.3, 0.4) is 0 Å². The molecule has 6 saturated heterocycles. The number of nitrogens with zero attached hydrogens (tertiary/aromatic N) is 12. The van der Waals surface area contributed by atoms with E-state index in [4.69, 9.17) is 48.4 Å². The van der Waals surface area contributed by atoms with Crippen molar-refractivity contribution >= 4 is 92.2 Å². The quantitative estimate of drug-likeness (QED) is 0.0458. The van der Waals surface area contributed by atoms with Crippen molar-refractivity contribution in [3.05, 3.63) is 116 Å². The van der Waals surface area contributed by atoms with Gasteiger partial charge in [0.05, 0.1) is 81.7 Å². The fraction of sp³-hybridized carbons (Fsp3) is 0.630. The van der Waals surface area contributed by atoms with Crippen LogP contribution in [-0.4, -0.2) is 247 Å². The van der Waals surface area contributed by atoms with E-state index in [2.05, 4.69) is 124 Å². The van der Waals surface area contributed by atoms with Crippen molar-refractivity contribution in [1.29, 1.82) is 0 Å². The highest BCUT2D eigenvalue weighted by Crippen LogP contribution is 2.49. The summed E-state index contributed by atoms with van der Waals surface area (Å²) in [5.41, 5.74) is 15.8. The van der Waals surface area contributed by atoms with Gasteiger partial charge in [-0.1, -0.05) is 65.5 Å². The van der Waals surface area contributed by atoms with Crippen LogP contribution in [0.25, 0.3) is 66.8 Å². The molecule has 8 aliphatic heterocycles. The van der Waals surface area contributed by atoms with Gasteiger partial charge in [0, 0.05) is 181 Å². The molecule has 140 heavy (non-hydrogen) atoms. The van der Waals surface area contributed by atoms with Gasteiger partial charge in [-0.15, -0.1) is 22.7 Å². The van der Waals surface area contributed by atoms with E-state index in [1.54, 1.807) is 31.6 Å². The minimum atomic E-state index is -1.17. The normalized spacial score (nSPS) is 25.4. The number of likely N-dealkylation sites (tertiary alicyclic amines) is 4. The number of benzene rings is 2. The third-order valence-electron chi connectivity index (χ3n) is 31.5. The molecule has 2 aromatic carbocycles. The van der Waals surface area contributed by atoms with Crippen molar-refractivity contribution in [2.45, 2.75) is 304 Å². The second-order valence-corrected chi connectivity index (χ2v) is 47.5. The Bertz CT molecular complexity index is 5920. The number of rotatable bonds is 18. The molecule has 18 rings (SSSR count). The van der Waals surface area contributed by atoms with Crippen LogP contribution in [0.4, 0.5) is 9.59 Å². The number of pyridine rings is 2. The lowest BCUT2D eigenvalue weighted by Crippen LogP contribution is -2.64. The molecule has 2 aliphatic carbocycles. The number of amides is 6. The number of aryl methyl sites for hydroxylation is 2. The Hall–Kier alpha value is -9.80. The van der Waals surface area contributed by atoms with E-state index < -0.39 is 82.2 Å². The van der Waals surface area contributed by atoms with Gasteiger partial charge in [0.25, 0.3) is 11.8 Å². The fourth-order valence-electron chi connectivity index (χ4n) is 24.6. The lowest BCUT2D eigenvalue weighted by molar-refractivity contribution is -0.157.